The van der Waals surface area contributed by atoms with Crippen molar-refractivity contribution in [3.8, 4) is 0 Å². The van der Waals surface area contributed by atoms with E-state index in [0.717, 1.165) is 19.3 Å². The van der Waals surface area contributed by atoms with Crippen LogP contribution in [0.25, 0.3) is 10.8 Å². The summed E-state index contributed by atoms with van der Waals surface area (Å²) in [6.45, 7) is 0.465. The summed E-state index contributed by atoms with van der Waals surface area (Å²) in [5.41, 5.74) is 5.60. The molecular formula is C18H22FN3O. The average molecular weight is 315 g/mol. The van der Waals surface area contributed by atoms with Crippen LogP contribution in [-0.4, -0.2) is 22.2 Å². The van der Waals surface area contributed by atoms with Crippen LogP contribution < -0.4 is 11.1 Å². The van der Waals surface area contributed by atoms with Crippen LogP contribution in [0.5, 0.6) is 0 Å². The first kappa shape index (κ1) is 14.7. The fourth-order valence-electron chi connectivity index (χ4n) is 4.39. The van der Waals surface area contributed by atoms with Gasteiger partial charge in [-0.25, -0.2) is 9.37 Å². The molecule has 0 spiro atoms. The van der Waals surface area contributed by atoms with Crippen molar-refractivity contribution in [3.05, 3.63) is 30.2 Å². The van der Waals surface area contributed by atoms with E-state index in [9.17, 15) is 9.50 Å². The lowest BCUT2D eigenvalue weighted by molar-refractivity contribution is -0.0868. The number of rotatable bonds is 3. The summed E-state index contributed by atoms with van der Waals surface area (Å²) in [7, 11) is 0. The predicted octanol–water partition coefficient (Wildman–Crippen LogP) is 3.31. The molecule has 4 N–H and O–H groups in total. The quantitative estimate of drug-likeness (QED) is 0.760. The SMILES string of the molecule is Nc1ccc2c(NCC3(O)CC4CCC3CC4)ncc(F)c2c1. The number of aromatic nitrogens is 1. The number of halogens is 1. The molecule has 1 unspecified atom stereocenters. The number of anilines is 2. The minimum Gasteiger partial charge on any atom is -0.399 e. The van der Waals surface area contributed by atoms with E-state index in [1.165, 1.54) is 19.0 Å². The molecule has 1 atom stereocenters. The first-order valence-corrected chi connectivity index (χ1v) is 8.35. The van der Waals surface area contributed by atoms with Crippen LogP contribution in [0.4, 0.5) is 15.9 Å². The van der Waals surface area contributed by atoms with Gasteiger partial charge in [0.05, 0.1) is 11.8 Å². The summed E-state index contributed by atoms with van der Waals surface area (Å²) in [5, 5.41) is 15.4. The summed E-state index contributed by atoms with van der Waals surface area (Å²) >= 11 is 0. The van der Waals surface area contributed by atoms with Gasteiger partial charge >= 0.3 is 0 Å². The second-order valence-corrected chi connectivity index (χ2v) is 7.14. The second-order valence-electron chi connectivity index (χ2n) is 7.14. The Morgan fingerprint density at radius 1 is 1.26 bits per heavy atom. The van der Waals surface area contributed by atoms with Gasteiger partial charge in [-0.15, -0.1) is 0 Å². The molecule has 23 heavy (non-hydrogen) atoms. The maximum absolute atomic E-state index is 13.9. The number of nitrogen functional groups attached to an aromatic ring is 1. The maximum Gasteiger partial charge on any atom is 0.149 e. The van der Waals surface area contributed by atoms with Crippen LogP contribution in [0.1, 0.15) is 32.1 Å². The molecule has 3 aliphatic rings. The fourth-order valence-corrected chi connectivity index (χ4v) is 4.39. The van der Waals surface area contributed by atoms with Crippen molar-refractivity contribution in [2.75, 3.05) is 17.6 Å². The molecular weight excluding hydrogens is 293 g/mol. The molecule has 1 heterocycles. The van der Waals surface area contributed by atoms with E-state index in [4.69, 9.17) is 5.73 Å². The smallest absolute Gasteiger partial charge is 0.149 e. The Bertz CT molecular complexity index is 742. The Kier molecular flexibility index (Phi) is 3.41. The fraction of sp³-hybridized carbons (Fsp3) is 0.500. The van der Waals surface area contributed by atoms with Crippen molar-refractivity contribution in [1.82, 2.24) is 4.98 Å². The number of benzene rings is 1. The van der Waals surface area contributed by atoms with Gasteiger partial charge < -0.3 is 16.2 Å². The van der Waals surface area contributed by atoms with Gasteiger partial charge in [0.15, 0.2) is 0 Å². The molecule has 3 aliphatic carbocycles. The van der Waals surface area contributed by atoms with Gasteiger partial charge in [0, 0.05) is 23.0 Å². The highest BCUT2D eigenvalue weighted by Crippen LogP contribution is 2.47. The van der Waals surface area contributed by atoms with Crippen LogP contribution in [0.3, 0.4) is 0 Å². The lowest BCUT2D eigenvalue weighted by Gasteiger charge is -2.48. The van der Waals surface area contributed by atoms with E-state index in [2.05, 4.69) is 10.3 Å². The van der Waals surface area contributed by atoms with E-state index in [1.807, 2.05) is 0 Å². The number of aliphatic hydroxyl groups is 1. The van der Waals surface area contributed by atoms with Crippen LogP contribution in [0.15, 0.2) is 24.4 Å². The standard InChI is InChI=1S/C18H22FN3O/c19-16-9-21-17(14-6-5-13(20)7-15(14)16)22-10-18(23)8-11-1-3-12(18)4-2-11/h5-7,9,11-12,23H,1-4,8,10,20H2,(H,21,22). The minimum absolute atomic E-state index is 0.363. The van der Waals surface area contributed by atoms with Crippen molar-refractivity contribution >= 4 is 22.3 Å². The summed E-state index contributed by atoms with van der Waals surface area (Å²) < 4.78 is 13.9. The summed E-state index contributed by atoms with van der Waals surface area (Å²) in [6.07, 6.45) is 6.76. The van der Waals surface area contributed by atoms with Crippen molar-refractivity contribution in [2.24, 2.45) is 11.8 Å². The molecule has 5 rings (SSSR count). The molecule has 0 amide bonds. The van der Waals surface area contributed by atoms with Gasteiger partial charge in [0.2, 0.25) is 0 Å². The molecule has 0 radical (unpaired) electrons. The Morgan fingerprint density at radius 3 is 2.74 bits per heavy atom. The molecule has 2 bridgehead atoms. The molecule has 1 aromatic carbocycles. The molecule has 1 aromatic heterocycles. The second kappa shape index (κ2) is 5.34. The van der Waals surface area contributed by atoms with Gasteiger partial charge in [0.1, 0.15) is 11.6 Å². The molecule has 4 nitrogen and oxygen atoms in total. The van der Waals surface area contributed by atoms with Crippen molar-refractivity contribution < 1.29 is 9.50 Å². The third kappa shape index (κ3) is 2.53. The van der Waals surface area contributed by atoms with Crippen molar-refractivity contribution in [2.45, 2.75) is 37.7 Å². The predicted molar refractivity (Wildman–Crippen MR) is 89.6 cm³/mol. The summed E-state index contributed by atoms with van der Waals surface area (Å²) in [5.74, 6) is 1.23. The van der Waals surface area contributed by atoms with Gasteiger partial charge in [0.25, 0.3) is 0 Å². The normalized spacial score (nSPS) is 29.8. The number of hydrogen-bond donors (Lipinski definition) is 3. The van der Waals surface area contributed by atoms with Gasteiger partial charge in [-0.2, -0.15) is 0 Å². The number of nitrogens with zero attached hydrogens (tertiary/aromatic N) is 1. The number of hydrogen-bond acceptors (Lipinski definition) is 4. The lowest BCUT2D eigenvalue weighted by Crippen LogP contribution is -2.51. The van der Waals surface area contributed by atoms with Crippen LogP contribution >= 0.6 is 0 Å². The zero-order valence-corrected chi connectivity index (χ0v) is 13.1. The van der Waals surface area contributed by atoms with Crippen LogP contribution in [0, 0.1) is 17.7 Å². The Balaban J connectivity index is 1.60. The van der Waals surface area contributed by atoms with Crippen LogP contribution in [-0.2, 0) is 0 Å². The van der Waals surface area contributed by atoms with Gasteiger partial charge in [-0.05, 0) is 62.1 Å². The molecule has 0 aliphatic heterocycles. The van der Waals surface area contributed by atoms with Gasteiger partial charge in [-0.3, -0.25) is 0 Å². The number of pyridine rings is 1. The first-order valence-electron chi connectivity index (χ1n) is 8.35. The Hall–Kier alpha value is -1.88. The zero-order chi connectivity index (χ0) is 16.0. The highest BCUT2D eigenvalue weighted by atomic mass is 19.1. The van der Waals surface area contributed by atoms with E-state index in [1.54, 1.807) is 18.2 Å². The van der Waals surface area contributed by atoms with E-state index < -0.39 is 5.60 Å². The van der Waals surface area contributed by atoms with Crippen molar-refractivity contribution in [1.29, 1.82) is 0 Å². The number of nitrogens with one attached hydrogen (secondary N) is 1. The Morgan fingerprint density at radius 2 is 2.04 bits per heavy atom. The highest BCUT2D eigenvalue weighted by molar-refractivity contribution is 5.94. The Labute approximate surface area is 134 Å². The lowest BCUT2D eigenvalue weighted by atomic mass is 9.62. The third-order valence-electron chi connectivity index (χ3n) is 5.67. The number of fused-ring (bicyclic) bond motifs is 4. The topological polar surface area (TPSA) is 71.2 Å². The highest BCUT2D eigenvalue weighted by Gasteiger charge is 2.45. The van der Waals surface area contributed by atoms with Crippen LogP contribution in [0.2, 0.25) is 0 Å². The number of nitrogens with two attached hydrogens (primary N) is 1. The first-order chi connectivity index (χ1) is 11.0. The minimum atomic E-state index is -0.669. The van der Waals surface area contributed by atoms with E-state index >= 15 is 0 Å². The van der Waals surface area contributed by atoms with E-state index in [0.29, 0.717) is 40.7 Å². The molecule has 122 valence electrons. The van der Waals surface area contributed by atoms with Gasteiger partial charge in [-0.1, -0.05) is 0 Å². The summed E-state index contributed by atoms with van der Waals surface area (Å²) in [4.78, 5) is 4.18. The summed E-state index contributed by atoms with van der Waals surface area (Å²) in [6, 6.07) is 5.14. The molecule has 0 saturated heterocycles. The van der Waals surface area contributed by atoms with Crippen molar-refractivity contribution in [3.63, 3.8) is 0 Å². The monoisotopic (exact) mass is 315 g/mol. The molecule has 2 aromatic rings. The van der Waals surface area contributed by atoms with E-state index in [-0.39, 0.29) is 5.82 Å². The molecule has 3 saturated carbocycles. The maximum atomic E-state index is 13.9. The molecule has 3 fully saturated rings. The largest absolute Gasteiger partial charge is 0.399 e. The zero-order valence-electron chi connectivity index (χ0n) is 13.1. The third-order valence-corrected chi connectivity index (χ3v) is 5.67. The molecule has 5 heteroatoms. The average Bonchev–Trinajstić information content (AvgIpc) is 2.55.